The fraction of sp³-hybridized carbons (Fsp3) is 0.763. The highest BCUT2D eigenvalue weighted by Gasteiger charge is 2.27. The second-order valence-corrected chi connectivity index (χ2v) is 21.4. The van der Waals surface area contributed by atoms with Gasteiger partial charge in [-0.2, -0.15) is 0 Å². The van der Waals surface area contributed by atoms with Crippen LogP contribution in [0.25, 0.3) is 0 Å². The van der Waals surface area contributed by atoms with Crippen molar-refractivity contribution in [3.8, 4) is 0 Å². The highest BCUT2D eigenvalue weighted by molar-refractivity contribution is 7.47. The smallest absolute Gasteiger partial charge is 0.462 e. The van der Waals surface area contributed by atoms with E-state index in [1.165, 1.54) is 122 Å². The van der Waals surface area contributed by atoms with Gasteiger partial charge in [-0.25, -0.2) is 4.57 Å². The van der Waals surface area contributed by atoms with Crippen LogP contribution in [0.5, 0.6) is 0 Å². The number of nitrogens with zero attached hydrogens (tertiary/aromatic N) is 1. The Labute approximate surface area is 425 Å². The first kappa shape index (κ1) is 66.5. The Morgan fingerprint density at radius 3 is 1.25 bits per heavy atom. The normalized spacial score (nSPS) is 13.9. The molecule has 400 valence electrons. The third-order valence-electron chi connectivity index (χ3n) is 12.0. The van der Waals surface area contributed by atoms with Crippen molar-refractivity contribution >= 4 is 19.8 Å². The lowest BCUT2D eigenvalue weighted by Crippen LogP contribution is -2.37. The van der Waals surface area contributed by atoms with Gasteiger partial charge in [-0.05, 0) is 83.5 Å². The van der Waals surface area contributed by atoms with Gasteiger partial charge in [-0.1, -0.05) is 215 Å². The van der Waals surface area contributed by atoms with E-state index < -0.39 is 26.5 Å². The molecule has 0 bridgehead atoms. The van der Waals surface area contributed by atoms with Gasteiger partial charge in [0.2, 0.25) is 0 Å². The molecule has 0 aromatic heterocycles. The summed E-state index contributed by atoms with van der Waals surface area (Å²) in [4.78, 5) is 35.5. The number of phosphoric acid groups is 1. The fourth-order valence-corrected chi connectivity index (χ4v) is 8.37. The molecule has 0 spiro atoms. The Kier molecular flexibility index (Phi) is 48.5. The molecule has 0 aromatic rings. The van der Waals surface area contributed by atoms with Gasteiger partial charge in [-0.15, -0.1) is 0 Å². The van der Waals surface area contributed by atoms with Crippen LogP contribution in [-0.2, 0) is 32.7 Å². The molecule has 0 aliphatic heterocycles. The summed E-state index contributed by atoms with van der Waals surface area (Å²) in [6.45, 7) is 4.29. The number of carbonyl (C=O) groups is 2. The molecule has 0 rings (SSSR count). The van der Waals surface area contributed by atoms with Gasteiger partial charge in [0, 0.05) is 12.8 Å². The Bertz CT molecular complexity index is 1400. The Hall–Kier alpha value is -2.55. The predicted octanol–water partition coefficient (Wildman–Crippen LogP) is 17.3. The third-order valence-corrected chi connectivity index (χ3v) is 13.0. The van der Waals surface area contributed by atoms with E-state index in [0.29, 0.717) is 17.4 Å². The van der Waals surface area contributed by atoms with Gasteiger partial charge in [0.15, 0.2) is 6.10 Å². The minimum Gasteiger partial charge on any atom is -0.462 e. The zero-order valence-electron chi connectivity index (χ0n) is 45.3. The average Bonchev–Trinajstić information content (AvgIpc) is 3.31. The minimum absolute atomic E-state index is 0.0295. The van der Waals surface area contributed by atoms with Gasteiger partial charge in [0.05, 0.1) is 27.7 Å². The molecular formula is C59H107NO8P+. The predicted molar refractivity (Wildman–Crippen MR) is 293 cm³/mol. The van der Waals surface area contributed by atoms with E-state index >= 15 is 0 Å². The molecule has 9 nitrogen and oxygen atoms in total. The molecule has 2 unspecified atom stereocenters. The van der Waals surface area contributed by atoms with E-state index in [2.05, 4.69) is 86.8 Å². The lowest BCUT2D eigenvalue weighted by molar-refractivity contribution is -0.870. The second-order valence-electron chi connectivity index (χ2n) is 19.9. The lowest BCUT2D eigenvalue weighted by Gasteiger charge is -2.24. The van der Waals surface area contributed by atoms with Crippen LogP contribution in [0.3, 0.4) is 0 Å². The van der Waals surface area contributed by atoms with Crippen molar-refractivity contribution < 1.29 is 42.1 Å². The zero-order chi connectivity index (χ0) is 50.6. The third kappa shape index (κ3) is 54.6. The monoisotopic (exact) mass is 989 g/mol. The van der Waals surface area contributed by atoms with Crippen molar-refractivity contribution in [2.75, 3.05) is 47.5 Å². The van der Waals surface area contributed by atoms with Crippen LogP contribution in [0.2, 0.25) is 0 Å². The topological polar surface area (TPSA) is 108 Å². The average molecular weight is 989 g/mol. The number of carbonyl (C=O) groups excluding carboxylic acids is 2. The SMILES string of the molecule is CC/C=C\C/C=C\C/C=C\C/C=C\C/C=C\CCCCCCCCCCCCCCCCCCCC(=O)OC(COC(=O)CCCCCCC/C=C\CCCCC)COP(=O)(O)OCC[N+](C)(C)C. The number of rotatable bonds is 51. The van der Waals surface area contributed by atoms with Crippen molar-refractivity contribution in [2.24, 2.45) is 0 Å². The van der Waals surface area contributed by atoms with Gasteiger partial charge in [0.1, 0.15) is 19.8 Å². The molecular weight excluding hydrogens is 882 g/mol. The summed E-state index contributed by atoms with van der Waals surface area (Å²) in [5.74, 6) is -0.805. The van der Waals surface area contributed by atoms with Gasteiger partial charge in [-0.3, -0.25) is 18.6 Å². The Morgan fingerprint density at radius 2 is 0.826 bits per heavy atom. The van der Waals surface area contributed by atoms with Crippen LogP contribution in [0.15, 0.2) is 72.9 Å². The summed E-state index contributed by atoms with van der Waals surface area (Å²) >= 11 is 0. The van der Waals surface area contributed by atoms with Crippen molar-refractivity contribution in [3.63, 3.8) is 0 Å². The highest BCUT2D eigenvalue weighted by atomic mass is 31.2. The van der Waals surface area contributed by atoms with Crippen molar-refractivity contribution in [1.82, 2.24) is 0 Å². The molecule has 0 aliphatic rings. The molecule has 0 amide bonds. The van der Waals surface area contributed by atoms with Crippen molar-refractivity contribution in [2.45, 2.75) is 245 Å². The van der Waals surface area contributed by atoms with Crippen molar-refractivity contribution in [3.05, 3.63) is 72.9 Å². The molecule has 0 heterocycles. The first-order chi connectivity index (χ1) is 33.5. The van der Waals surface area contributed by atoms with E-state index in [4.69, 9.17) is 18.5 Å². The quantitative estimate of drug-likeness (QED) is 0.0211. The van der Waals surface area contributed by atoms with E-state index in [1.807, 2.05) is 21.1 Å². The van der Waals surface area contributed by atoms with Crippen LogP contribution in [0.1, 0.15) is 239 Å². The maximum atomic E-state index is 12.8. The standard InChI is InChI=1S/C59H106NO8P/c1-6-8-10-12-14-16-18-20-21-22-23-24-25-26-27-28-29-30-31-32-33-34-35-36-37-38-39-40-42-44-46-48-50-52-59(62)68-57(56-67-69(63,64)66-54-53-60(3,4)5)55-65-58(61)51-49-47-45-43-41-19-17-15-13-11-9-7-2/h8,10,14-17,20-21,23-24,26-27,57H,6-7,9,11-13,18-19,22,25,28-56H2,1-5H3/p+1/b10-8-,16-14-,17-15-,21-20-,24-23-,27-26-. The van der Waals surface area contributed by atoms with Crippen LogP contribution in [0, 0.1) is 0 Å². The molecule has 0 saturated heterocycles. The summed E-state index contributed by atoms with van der Waals surface area (Å²) < 4.78 is 34.5. The van der Waals surface area contributed by atoms with Gasteiger partial charge >= 0.3 is 19.8 Å². The maximum Gasteiger partial charge on any atom is 0.472 e. The van der Waals surface area contributed by atoms with Gasteiger partial charge in [0.25, 0.3) is 0 Å². The number of ether oxygens (including phenoxy) is 2. The molecule has 10 heteroatoms. The van der Waals surface area contributed by atoms with E-state index in [-0.39, 0.29) is 32.0 Å². The molecule has 69 heavy (non-hydrogen) atoms. The largest absolute Gasteiger partial charge is 0.472 e. The molecule has 0 aliphatic carbocycles. The Balaban J connectivity index is 4.03. The number of likely N-dealkylation sites (N-methyl/N-ethyl adjacent to an activating group) is 1. The first-order valence-corrected chi connectivity index (χ1v) is 29.7. The lowest BCUT2D eigenvalue weighted by atomic mass is 10.0. The summed E-state index contributed by atoms with van der Waals surface area (Å²) in [5.41, 5.74) is 0. The number of quaternary nitrogens is 1. The number of hydrogen-bond acceptors (Lipinski definition) is 7. The number of phosphoric ester groups is 1. The van der Waals surface area contributed by atoms with E-state index in [9.17, 15) is 19.0 Å². The van der Waals surface area contributed by atoms with E-state index in [1.54, 1.807) is 0 Å². The summed E-state index contributed by atoms with van der Waals surface area (Å²) in [5, 5.41) is 0. The minimum atomic E-state index is -4.38. The van der Waals surface area contributed by atoms with Crippen molar-refractivity contribution in [1.29, 1.82) is 0 Å². The number of esters is 2. The molecule has 0 saturated carbocycles. The van der Waals surface area contributed by atoms with Crippen LogP contribution >= 0.6 is 7.82 Å². The molecule has 0 fully saturated rings. The fourth-order valence-electron chi connectivity index (χ4n) is 7.63. The first-order valence-electron chi connectivity index (χ1n) is 28.2. The van der Waals surface area contributed by atoms with Crippen LogP contribution in [0.4, 0.5) is 0 Å². The molecule has 2 atom stereocenters. The molecule has 1 N–H and O–H groups in total. The molecule has 0 radical (unpaired) electrons. The van der Waals surface area contributed by atoms with Gasteiger partial charge < -0.3 is 18.9 Å². The van der Waals surface area contributed by atoms with E-state index in [0.717, 1.165) is 83.5 Å². The number of hydrogen-bond donors (Lipinski definition) is 1. The Morgan fingerprint density at radius 1 is 0.464 bits per heavy atom. The number of allylic oxidation sites excluding steroid dienone is 12. The maximum absolute atomic E-state index is 12.8. The second kappa shape index (κ2) is 50.4. The molecule has 0 aromatic carbocycles. The highest BCUT2D eigenvalue weighted by Crippen LogP contribution is 2.43. The van der Waals surface area contributed by atoms with Crippen LogP contribution in [-0.4, -0.2) is 74.9 Å². The number of unbranched alkanes of at least 4 members (excludes halogenated alkanes) is 25. The summed E-state index contributed by atoms with van der Waals surface area (Å²) in [7, 11) is 1.47. The van der Waals surface area contributed by atoms with Crippen LogP contribution < -0.4 is 0 Å². The summed E-state index contributed by atoms with van der Waals surface area (Å²) in [6, 6.07) is 0. The zero-order valence-corrected chi connectivity index (χ0v) is 46.2. The summed E-state index contributed by atoms with van der Waals surface area (Å²) in [6.07, 6.45) is 65.5.